The van der Waals surface area contributed by atoms with Crippen molar-refractivity contribution in [2.75, 3.05) is 23.7 Å². The first-order valence-electron chi connectivity index (χ1n) is 17.5. The molecule has 0 spiro atoms. The molecule has 0 amide bonds. The summed E-state index contributed by atoms with van der Waals surface area (Å²) in [5, 5.41) is 5.54. The van der Waals surface area contributed by atoms with Crippen LogP contribution in [0, 0.1) is 0 Å². The molecule has 268 valence electrons. The van der Waals surface area contributed by atoms with Gasteiger partial charge in [0, 0.05) is 34.9 Å². The largest absolute Gasteiger partial charge is 0.493 e. The van der Waals surface area contributed by atoms with Gasteiger partial charge in [-0.1, -0.05) is 109 Å². The molecule has 6 aromatic carbocycles. The summed E-state index contributed by atoms with van der Waals surface area (Å²) >= 11 is 0. The van der Waals surface area contributed by atoms with Gasteiger partial charge in [0.05, 0.1) is 31.6 Å². The van der Waals surface area contributed by atoms with Gasteiger partial charge in [-0.25, -0.2) is 8.42 Å². The van der Waals surface area contributed by atoms with Crippen molar-refractivity contribution in [3.05, 3.63) is 174 Å². The summed E-state index contributed by atoms with van der Waals surface area (Å²) in [5.74, 6) is 0.874. The van der Waals surface area contributed by atoms with Gasteiger partial charge in [-0.15, -0.1) is 0 Å². The van der Waals surface area contributed by atoms with E-state index < -0.39 is 10.0 Å². The van der Waals surface area contributed by atoms with Gasteiger partial charge in [-0.05, 0) is 53.1 Å². The predicted molar refractivity (Wildman–Crippen MR) is 210 cm³/mol. The molecule has 0 bridgehead atoms. The minimum atomic E-state index is -3.77. The zero-order valence-corrected chi connectivity index (χ0v) is 30.2. The number of hydrogen-bond donors (Lipinski definition) is 1. The van der Waals surface area contributed by atoms with Crippen LogP contribution in [-0.2, 0) is 23.2 Å². The second-order valence-corrected chi connectivity index (χ2v) is 14.8. The Hall–Kier alpha value is -5.90. The summed E-state index contributed by atoms with van der Waals surface area (Å²) < 4.78 is 46.3. The van der Waals surface area contributed by atoms with Crippen molar-refractivity contribution in [1.29, 1.82) is 0 Å². The number of anilines is 1. The van der Waals surface area contributed by atoms with Gasteiger partial charge < -0.3 is 19.2 Å². The molecule has 0 saturated heterocycles. The lowest BCUT2D eigenvalue weighted by molar-refractivity contribution is 0.0985. The highest BCUT2D eigenvalue weighted by Crippen LogP contribution is 2.34. The Kier molecular flexibility index (Phi) is 10.8. The maximum absolute atomic E-state index is 13.8. The zero-order chi connectivity index (χ0) is 36.6. The van der Waals surface area contributed by atoms with Gasteiger partial charge in [0.1, 0.15) is 29.3 Å². The molecule has 0 saturated carbocycles. The lowest BCUT2D eigenvalue weighted by atomic mass is 10.0. The Morgan fingerprint density at radius 3 is 2.11 bits per heavy atom. The van der Waals surface area contributed by atoms with Crippen LogP contribution in [0.1, 0.15) is 39.5 Å². The molecular weight excluding hydrogens is 685 g/mol. The Bertz CT molecular complexity index is 2420. The fourth-order valence-electron chi connectivity index (χ4n) is 6.35. The second kappa shape index (κ2) is 16.2. The lowest BCUT2D eigenvalue weighted by Crippen LogP contribution is -2.31. The van der Waals surface area contributed by atoms with Crippen LogP contribution in [0.25, 0.3) is 21.9 Å². The van der Waals surface area contributed by atoms with Gasteiger partial charge in [-0.2, -0.15) is 0 Å². The maximum Gasteiger partial charge on any atom is 0.232 e. The smallest absolute Gasteiger partial charge is 0.232 e. The molecular formula is C44H40N2O6S. The second-order valence-electron chi connectivity index (χ2n) is 12.9. The fourth-order valence-corrected chi connectivity index (χ4v) is 7.24. The van der Waals surface area contributed by atoms with Crippen molar-refractivity contribution in [2.45, 2.75) is 25.6 Å². The average Bonchev–Trinajstić information content (AvgIpc) is 3.56. The number of nitrogens with one attached hydrogen (secondary N) is 1. The van der Waals surface area contributed by atoms with E-state index in [1.165, 1.54) is 4.31 Å². The first-order chi connectivity index (χ1) is 25.8. The van der Waals surface area contributed by atoms with Crippen molar-refractivity contribution in [2.24, 2.45) is 0 Å². The van der Waals surface area contributed by atoms with E-state index in [2.05, 4.69) is 5.32 Å². The van der Waals surface area contributed by atoms with Crippen LogP contribution in [-0.4, -0.2) is 33.6 Å². The SMILES string of the molecule is CS(=O)(=O)N(Cc1ccccc1)c1cc(C(=O)CNC(CCOc2ccc3c(c2)oc2ccccc23)c2ccccc2)ccc1OCc1ccccc1. The first-order valence-corrected chi connectivity index (χ1v) is 19.3. The van der Waals surface area contributed by atoms with E-state index >= 15 is 0 Å². The molecule has 53 heavy (non-hydrogen) atoms. The molecule has 8 nitrogen and oxygen atoms in total. The monoisotopic (exact) mass is 724 g/mol. The minimum absolute atomic E-state index is 0.0196. The Morgan fingerprint density at radius 2 is 1.38 bits per heavy atom. The molecule has 9 heteroatoms. The minimum Gasteiger partial charge on any atom is -0.493 e. The molecule has 7 rings (SSSR count). The topological polar surface area (TPSA) is 98.1 Å². The molecule has 0 fully saturated rings. The standard InChI is InChI=1S/C44H40N2O6S/c1-53(48,49)46(30-32-13-5-2-6-14-32)40-27-35(21-24-43(40)51-31-33-15-7-3-8-16-33)41(47)29-45-39(34-17-9-4-10-18-34)25-26-50-36-22-23-38-37-19-11-12-20-42(37)52-44(38)28-36/h2-24,27-28,39,45H,25-26,29-31H2,1H3. The number of fused-ring (bicyclic) bond motifs is 3. The van der Waals surface area contributed by atoms with Gasteiger partial charge >= 0.3 is 0 Å². The zero-order valence-electron chi connectivity index (χ0n) is 29.4. The van der Waals surface area contributed by atoms with Gasteiger partial charge in [0.25, 0.3) is 0 Å². The Labute approximate surface area is 309 Å². The van der Waals surface area contributed by atoms with Gasteiger partial charge in [0.2, 0.25) is 10.0 Å². The van der Waals surface area contributed by atoms with Crippen LogP contribution in [0.15, 0.2) is 156 Å². The van der Waals surface area contributed by atoms with E-state index in [4.69, 9.17) is 13.9 Å². The Morgan fingerprint density at radius 1 is 0.717 bits per heavy atom. The number of benzene rings is 6. The first kappa shape index (κ1) is 35.5. The third kappa shape index (κ3) is 8.77. The Balaban J connectivity index is 1.09. The van der Waals surface area contributed by atoms with E-state index in [0.29, 0.717) is 35.8 Å². The molecule has 0 aliphatic carbocycles. The third-order valence-electron chi connectivity index (χ3n) is 9.09. The normalized spacial score (nSPS) is 12.1. The van der Waals surface area contributed by atoms with Crippen molar-refractivity contribution in [1.82, 2.24) is 5.32 Å². The highest BCUT2D eigenvalue weighted by molar-refractivity contribution is 7.92. The predicted octanol–water partition coefficient (Wildman–Crippen LogP) is 9.11. The van der Waals surface area contributed by atoms with Gasteiger partial charge in [-0.3, -0.25) is 9.10 Å². The summed E-state index contributed by atoms with van der Waals surface area (Å²) in [7, 11) is -3.77. The van der Waals surface area contributed by atoms with E-state index in [9.17, 15) is 13.2 Å². The van der Waals surface area contributed by atoms with E-state index in [-0.39, 0.29) is 31.5 Å². The summed E-state index contributed by atoms with van der Waals surface area (Å²) in [4.78, 5) is 13.8. The number of carbonyl (C=O) groups is 1. The number of nitrogens with zero attached hydrogens (tertiary/aromatic N) is 1. The average molecular weight is 725 g/mol. The third-order valence-corrected chi connectivity index (χ3v) is 10.2. The van der Waals surface area contributed by atoms with Crippen LogP contribution < -0.4 is 19.1 Å². The van der Waals surface area contributed by atoms with Crippen LogP contribution in [0.4, 0.5) is 5.69 Å². The molecule has 1 heterocycles. The maximum atomic E-state index is 13.8. The number of furan rings is 1. The lowest BCUT2D eigenvalue weighted by Gasteiger charge is -2.26. The summed E-state index contributed by atoms with van der Waals surface area (Å²) in [6, 6.07) is 47.5. The van der Waals surface area contributed by atoms with Crippen molar-refractivity contribution < 1.29 is 27.1 Å². The number of hydrogen-bond acceptors (Lipinski definition) is 7. The van der Waals surface area contributed by atoms with Gasteiger partial charge in [0.15, 0.2) is 5.78 Å². The van der Waals surface area contributed by atoms with E-state index in [1.54, 1.807) is 18.2 Å². The van der Waals surface area contributed by atoms with E-state index in [1.807, 2.05) is 133 Å². The quantitative estimate of drug-likeness (QED) is 0.0993. The number of Topliss-reactive ketones (excluding diaryl/α,β-unsaturated/α-hetero) is 1. The number of carbonyl (C=O) groups excluding carboxylic acids is 1. The summed E-state index contributed by atoms with van der Waals surface area (Å²) in [6.07, 6.45) is 1.75. The fraction of sp³-hybridized carbons (Fsp3) is 0.159. The molecule has 7 aromatic rings. The van der Waals surface area contributed by atoms with Crippen molar-refractivity contribution in [3.63, 3.8) is 0 Å². The van der Waals surface area contributed by atoms with Crippen LogP contribution in [0.5, 0.6) is 11.5 Å². The van der Waals surface area contributed by atoms with Crippen molar-refractivity contribution in [3.8, 4) is 11.5 Å². The highest BCUT2D eigenvalue weighted by Gasteiger charge is 2.24. The molecule has 1 N–H and O–H groups in total. The number of rotatable bonds is 16. The van der Waals surface area contributed by atoms with Crippen LogP contribution in [0.2, 0.25) is 0 Å². The molecule has 1 unspecified atom stereocenters. The highest BCUT2D eigenvalue weighted by atomic mass is 32.2. The molecule has 1 aromatic heterocycles. The molecule has 0 aliphatic rings. The number of para-hydroxylation sites is 1. The molecule has 0 aliphatic heterocycles. The summed E-state index contributed by atoms with van der Waals surface area (Å²) in [6.45, 7) is 0.730. The number of sulfonamides is 1. The van der Waals surface area contributed by atoms with Crippen LogP contribution in [0.3, 0.4) is 0 Å². The number of ketones is 1. The molecule has 1 atom stereocenters. The molecule has 0 radical (unpaired) electrons. The van der Waals surface area contributed by atoms with E-state index in [0.717, 1.165) is 44.9 Å². The number of ether oxygens (including phenoxy) is 2. The summed E-state index contributed by atoms with van der Waals surface area (Å²) in [5.41, 5.74) is 5.02. The van der Waals surface area contributed by atoms with Crippen molar-refractivity contribution >= 4 is 43.4 Å². The van der Waals surface area contributed by atoms with Crippen LogP contribution >= 0.6 is 0 Å².